The Kier molecular flexibility index (Phi) is 3.35. The van der Waals surface area contributed by atoms with Gasteiger partial charge in [-0.25, -0.2) is 13.2 Å². The number of hydrogen-bond acceptors (Lipinski definition) is 3. The van der Waals surface area contributed by atoms with E-state index in [4.69, 9.17) is 5.11 Å². The third-order valence-corrected chi connectivity index (χ3v) is 2.95. The van der Waals surface area contributed by atoms with Gasteiger partial charge < -0.3 is 5.11 Å². The Labute approximate surface area is 94.2 Å². The third kappa shape index (κ3) is 2.80. The molecule has 2 N–H and O–H groups in total. The Hall–Kier alpha value is -1.40. The molecular formula is C10H13NO4S. The Morgan fingerprint density at radius 1 is 1.31 bits per heavy atom. The molecule has 0 radical (unpaired) electrons. The minimum Gasteiger partial charge on any atom is -0.480 e. The maximum absolute atomic E-state index is 11.2. The van der Waals surface area contributed by atoms with Crippen molar-refractivity contribution in [3.8, 4) is 0 Å². The van der Waals surface area contributed by atoms with Crippen molar-refractivity contribution in [1.29, 1.82) is 0 Å². The molecule has 6 heteroatoms. The molecule has 5 nitrogen and oxygen atoms in total. The van der Waals surface area contributed by atoms with Crippen molar-refractivity contribution in [1.82, 2.24) is 4.72 Å². The van der Waals surface area contributed by atoms with Crippen LogP contribution in [0.2, 0.25) is 0 Å². The zero-order valence-corrected chi connectivity index (χ0v) is 9.78. The van der Waals surface area contributed by atoms with Crippen LogP contribution in [0.25, 0.3) is 0 Å². The first-order valence-electron chi connectivity index (χ1n) is 4.53. The average Bonchev–Trinajstić information content (AvgIpc) is 2.16. The van der Waals surface area contributed by atoms with Crippen molar-refractivity contribution in [3.63, 3.8) is 0 Å². The maximum atomic E-state index is 11.2. The zero-order valence-electron chi connectivity index (χ0n) is 8.97. The van der Waals surface area contributed by atoms with E-state index in [1.165, 1.54) is 6.92 Å². The lowest BCUT2D eigenvalue weighted by atomic mass is 9.94. The monoisotopic (exact) mass is 243 g/mol. The smallest absolute Gasteiger partial charge is 0.329 e. The molecule has 1 rings (SSSR count). The van der Waals surface area contributed by atoms with Crippen LogP contribution in [-0.4, -0.2) is 25.7 Å². The number of carbonyl (C=O) groups is 1. The number of sulfonamides is 1. The van der Waals surface area contributed by atoms with Gasteiger partial charge >= 0.3 is 5.97 Å². The number of carboxylic acids is 1. The summed E-state index contributed by atoms with van der Waals surface area (Å²) in [7, 11) is -3.61. The van der Waals surface area contributed by atoms with Crippen molar-refractivity contribution in [2.24, 2.45) is 0 Å². The highest BCUT2D eigenvalue weighted by molar-refractivity contribution is 7.88. The molecule has 0 heterocycles. The molecule has 0 bridgehead atoms. The summed E-state index contributed by atoms with van der Waals surface area (Å²) in [5, 5.41) is 9.12. The SMILES string of the molecule is CC(NS(C)(=O)=O)(C(=O)O)c1ccccc1. The molecule has 0 aliphatic rings. The minimum absolute atomic E-state index is 0.382. The molecule has 1 aromatic carbocycles. The first-order valence-corrected chi connectivity index (χ1v) is 6.43. The van der Waals surface area contributed by atoms with E-state index in [-0.39, 0.29) is 0 Å². The van der Waals surface area contributed by atoms with Gasteiger partial charge in [-0.2, -0.15) is 4.72 Å². The van der Waals surface area contributed by atoms with Gasteiger partial charge in [0.15, 0.2) is 5.54 Å². The first-order chi connectivity index (χ1) is 7.26. The fourth-order valence-corrected chi connectivity index (χ4v) is 2.32. The molecule has 0 spiro atoms. The molecule has 1 unspecified atom stereocenters. The van der Waals surface area contributed by atoms with Gasteiger partial charge in [0.1, 0.15) is 0 Å². The lowest BCUT2D eigenvalue weighted by Crippen LogP contribution is -2.49. The van der Waals surface area contributed by atoms with E-state index in [0.29, 0.717) is 5.56 Å². The summed E-state index contributed by atoms with van der Waals surface area (Å²) in [6, 6.07) is 8.16. The molecule has 0 saturated carbocycles. The van der Waals surface area contributed by atoms with Gasteiger partial charge in [0.05, 0.1) is 6.26 Å². The van der Waals surface area contributed by atoms with Gasteiger partial charge in [-0.1, -0.05) is 30.3 Å². The Morgan fingerprint density at radius 3 is 2.19 bits per heavy atom. The largest absolute Gasteiger partial charge is 0.480 e. The number of benzene rings is 1. The second kappa shape index (κ2) is 4.23. The number of rotatable bonds is 4. The van der Waals surface area contributed by atoms with Crippen LogP contribution in [0, 0.1) is 0 Å². The van der Waals surface area contributed by atoms with E-state index in [9.17, 15) is 13.2 Å². The summed E-state index contributed by atoms with van der Waals surface area (Å²) in [6.07, 6.45) is 0.928. The highest BCUT2D eigenvalue weighted by Gasteiger charge is 2.37. The van der Waals surface area contributed by atoms with Gasteiger partial charge in [0.2, 0.25) is 10.0 Å². The maximum Gasteiger partial charge on any atom is 0.329 e. The number of aliphatic carboxylic acids is 1. The van der Waals surface area contributed by atoms with Crippen LogP contribution < -0.4 is 4.72 Å². The second-order valence-electron chi connectivity index (χ2n) is 3.67. The quantitative estimate of drug-likeness (QED) is 0.808. The topological polar surface area (TPSA) is 83.5 Å². The van der Waals surface area contributed by atoms with Crippen molar-refractivity contribution in [2.45, 2.75) is 12.5 Å². The Bertz CT molecular complexity index is 483. The van der Waals surface area contributed by atoms with Crippen LogP contribution in [0.15, 0.2) is 30.3 Å². The van der Waals surface area contributed by atoms with E-state index in [2.05, 4.69) is 4.72 Å². The second-order valence-corrected chi connectivity index (χ2v) is 5.42. The summed E-state index contributed by atoms with van der Waals surface area (Å²) < 4.78 is 24.4. The summed E-state index contributed by atoms with van der Waals surface area (Å²) in [6.45, 7) is 1.31. The molecule has 0 aliphatic carbocycles. The van der Waals surface area contributed by atoms with Crippen LogP contribution in [0.3, 0.4) is 0 Å². The number of carboxylic acid groups (broad SMARTS) is 1. The van der Waals surface area contributed by atoms with Crippen LogP contribution in [0.5, 0.6) is 0 Å². The van der Waals surface area contributed by atoms with E-state index in [1.807, 2.05) is 0 Å². The van der Waals surface area contributed by atoms with Crippen molar-refractivity contribution in [2.75, 3.05) is 6.26 Å². The molecule has 0 aliphatic heterocycles. The summed E-state index contributed by atoms with van der Waals surface area (Å²) in [4.78, 5) is 11.2. The summed E-state index contributed by atoms with van der Waals surface area (Å²) in [5.74, 6) is -1.25. The van der Waals surface area contributed by atoms with Crippen LogP contribution in [0.4, 0.5) is 0 Å². The molecule has 88 valence electrons. The summed E-state index contributed by atoms with van der Waals surface area (Å²) in [5.41, 5.74) is -1.26. The summed E-state index contributed by atoms with van der Waals surface area (Å²) >= 11 is 0. The zero-order chi connectivity index (χ0) is 12.4. The molecule has 0 aromatic heterocycles. The van der Waals surface area contributed by atoms with Gasteiger partial charge in [0, 0.05) is 0 Å². The Balaban J connectivity index is 3.23. The van der Waals surface area contributed by atoms with Gasteiger partial charge in [0.25, 0.3) is 0 Å². The highest BCUT2D eigenvalue weighted by atomic mass is 32.2. The van der Waals surface area contributed by atoms with Crippen LogP contribution in [0.1, 0.15) is 12.5 Å². The lowest BCUT2D eigenvalue weighted by Gasteiger charge is -2.25. The van der Waals surface area contributed by atoms with E-state index in [0.717, 1.165) is 6.26 Å². The van der Waals surface area contributed by atoms with Crippen molar-refractivity contribution < 1.29 is 18.3 Å². The highest BCUT2D eigenvalue weighted by Crippen LogP contribution is 2.21. The van der Waals surface area contributed by atoms with Gasteiger partial charge in [-0.15, -0.1) is 0 Å². The molecular weight excluding hydrogens is 230 g/mol. The van der Waals surface area contributed by atoms with Crippen molar-refractivity contribution >= 4 is 16.0 Å². The van der Waals surface area contributed by atoms with Gasteiger partial charge in [-0.05, 0) is 12.5 Å². The average molecular weight is 243 g/mol. The molecule has 0 fully saturated rings. The fraction of sp³-hybridized carbons (Fsp3) is 0.300. The Morgan fingerprint density at radius 2 is 1.81 bits per heavy atom. The van der Waals surface area contributed by atoms with Crippen molar-refractivity contribution in [3.05, 3.63) is 35.9 Å². The molecule has 0 saturated heterocycles. The molecule has 1 aromatic rings. The van der Waals surface area contributed by atoms with E-state index >= 15 is 0 Å². The predicted molar refractivity (Wildman–Crippen MR) is 59.4 cm³/mol. The number of nitrogens with one attached hydrogen (secondary N) is 1. The number of hydrogen-bond donors (Lipinski definition) is 2. The van der Waals surface area contributed by atoms with E-state index < -0.39 is 21.5 Å². The molecule has 1 atom stereocenters. The standard InChI is InChI=1S/C10H13NO4S/c1-10(9(12)13,11-16(2,14)15)8-6-4-3-5-7-8/h3-7,11H,1-2H3,(H,12,13). The normalized spacial score (nSPS) is 15.4. The minimum atomic E-state index is -3.61. The molecule has 16 heavy (non-hydrogen) atoms. The van der Waals surface area contributed by atoms with Crippen LogP contribution in [-0.2, 0) is 20.4 Å². The lowest BCUT2D eigenvalue weighted by molar-refractivity contribution is -0.143. The fourth-order valence-electron chi connectivity index (χ4n) is 1.37. The van der Waals surface area contributed by atoms with E-state index in [1.54, 1.807) is 30.3 Å². The van der Waals surface area contributed by atoms with Gasteiger partial charge in [-0.3, -0.25) is 0 Å². The first kappa shape index (κ1) is 12.7. The predicted octanol–water partition coefficient (Wildman–Crippen LogP) is 0.536. The van der Waals surface area contributed by atoms with Crippen LogP contribution >= 0.6 is 0 Å². The molecule has 0 amide bonds. The third-order valence-electron chi connectivity index (χ3n) is 2.17.